The minimum Gasteiger partial charge on any atom is -0.356 e. The number of likely N-dealkylation sites (tertiary alicyclic amines) is 1. The Hall–Kier alpha value is -1.46. The van der Waals surface area contributed by atoms with Crippen LogP contribution in [0, 0.1) is 0 Å². The van der Waals surface area contributed by atoms with Crippen LogP contribution in [0.2, 0.25) is 0 Å². The molecule has 23 heavy (non-hydrogen) atoms. The van der Waals surface area contributed by atoms with Gasteiger partial charge in [0.05, 0.1) is 0 Å². The van der Waals surface area contributed by atoms with Crippen molar-refractivity contribution in [1.82, 2.24) is 14.3 Å². The lowest BCUT2D eigenvalue weighted by Crippen LogP contribution is -2.29. The lowest BCUT2D eigenvalue weighted by molar-refractivity contribution is 0.221. The third kappa shape index (κ3) is 4.75. The molecule has 0 atom stereocenters. The van der Waals surface area contributed by atoms with Crippen molar-refractivity contribution in [2.45, 2.75) is 52.1 Å². The van der Waals surface area contributed by atoms with Gasteiger partial charge in [0.25, 0.3) is 0 Å². The summed E-state index contributed by atoms with van der Waals surface area (Å²) < 4.78 is 4.37. The minimum atomic E-state index is 0.385. The second kappa shape index (κ2) is 7.88. The Labute approximate surface area is 143 Å². The van der Waals surface area contributed by atoms with Crippen LogP contribution in [0.25, 0.3) is 0 Å². The molecule has 1 aromatic carbocycles. The molecule has 1 fully saturated rings. The van der Waals surface area contributed by atoms with Gasteiger partial charge in [0.2, 0.25) is 5.13 Å². The standard InChI is InChI=1S/C18H26N4S/c1-14(2)17-20-18(23-21-17)19-12-15-6-8-16(9-7-15)13-22-10-4-3-5-11-22/h6-9,14H,3-5,10-13H2,1-2H3,(H,19,20,21). The second-order valence-electron chi connectivity index (χ2n) is 6.62. The van der Waals surface area contributed by atoms with Gasteiger partial charge in [-0.25, -0.2) is 4.98 Å². The van der Waals surface area contributed by atoms with Crippen molar-refractivity contribution in [3.8, 4) is 0 Å². The fourth-order valence-electron chi connectivity index (χ4n) is 2.86. The van der Waals surface area contributed by atoms with Crippen LogP contribution in [-0.4, -0.2) is 27.3 Å². The van der Waals surface area contributed by atoms with Gasteiger partial charge < -0.3 is 5.32 Å². The van der Waals surface area contributed by atoms with Crippen molar-refractivity contribution in [1.29, 1.82) is 0 Å². The van der Waals surface area contributed by atoms with Crippen LogP contribution in [0.3, 0.4) is 0 Å². The fourth-order valence-corrected chi connectivity index (χ4v) is 3.56. The van der Waals surface area contributed by atoms with E-state index in [0.29, 0.717) is 5.92 Å². The van der Waals surface area contributed by atoms with Gasteiger partial charge in [-0.2, -0.15) is 4.37 Å². The minimum absolute atomic E-state index is 0.385. The van der Waals surface area contributed by atoms with Gasteiger partial charge in [-0.05, 0) is 37.1 Å². The zero-order chi connectivity index (χ0) is 16.1. The number of benzene rings is 1. The van der Waals surface area contributed by atoms with E-state index in [-0.39, 0.29) is 0 Å². The van der Waals surface area contributed by atoms with E-state index in [1.54, 1.807) is 0 Å². The third-order valence-electron chi connectivity index (χ3n) is 4.28. The van der Waals surface area contributed by atoms with E-state index in [1.807, 2.05) is 0 Å². The molecule has 124 valence electrons. The van der Waals surface area contributed by atoms with Gasteiger partial charge in [0.15, 0.2) is 0 Å². The highest BCUT2D eigenvalue weighted by Gasteiger charge is 2.10. The van der Waals surface area contributed by atoms with E-state index < -0.39 is 0 Å². The van der Waals surface area contributed by atoms with Crippen molar-refractivity contribution in [2.75, 3.05) is 18.4 Å². The van der Waals surface area contributed by atoms with Crippen molar-refractivity contribution in [3.63, 3.8) is 0 Å². The quantitative estimate of drug-likeness (QED) is 0.859. The predicted octanol–water partition coefficient (Wildman–Crippen LogP) is 4.26. The predicted molar refractivity (Wildman–Crippen MR) is 96.9 cm³/mol. The third-order valence-corrected chi connectivity index (χ3v) is 4.97. The first-order valence-electron chi connectivity index (χ1n) is 8.58. The molecule has 4 nitrogen and oxygen atoms in total. The average molecular weight is 331 g/mol. The number of rotatable bonds is 6. The molecule has 0 aliphatic carbocycles. The van der Waals surface area contributed by atoms with Crippen LogP contribution < -0.4 is 5.32 Å². The summed E-state index contributed by atoms with van der Waals surface area (Å²) in [7, 11) is 0. The van der Waals surface area contributed by atoms with E-state index in [1.165, 1.54) is 55.0 Å². The van der Waals surface area contributed by atoms with Crippen molar-refractivity contribution < 1.29 is 0 Å². The summed E-state index contributed by atoms with van der Waals surface area (Å²) in [5, 5.41) is 4.28. The maximum atomic E-state index is 4.51. The molecule has 2 aromatic rings. The number of anilines is 1. The van der Waals surface area contributed by atoms with E-state index in [9.17, 15) is 0 Å². The SMILES string of the molecule is CC(C)c1nsc(NCc2ccc(CN3CCCCC3)cc2)n1. The maximum absolute atomic E-state index is 4.51. The molecule has 0 spiro atoms. The second-order valence-corrected chi connectivity index (χ2v) is 7.37. The first kappa shape index (κ1) is 16.4. The molecule has 0 amide bonds. The van der Waals surface area contributed by atoms with Crippen LogP contribution in [0.5, 0.6) is 0 Å². The number of aromatic nitrogens is 2. The Morgan fingerprint density at radius 2 is 1.78 bits per heavy atom. The van der Waals surface area contributed by atoms with Crippen LogP contribution in [-0.2, 0) is 13.1 Å². The molecule has 1 saturated heterocycles. The van der Waals surface area contributed by atoms with Crippen LogP contribution in [0.1, 0.15) is 56.0 Å². The Bertz CT molecular complexity index is 600. The molecule has 1 N–H and O–H groups in total. The van der Waals surface area contributed by atoms with Crippen molar-refractivity contribution in [3.05, 3.63) is 41.2 Å². The van der Waals surface area contributed by atoms with E-state index in [0.717, 1.165) is 24.0 Å². The van der Waals surface area contributed by atoms with Crippen LogP contribution >= 0.6 is 11.5 Å². The Balaban J connectivity index is 1.50. The van der Waals surface area contributed by atoms with Crippen LogP contribution in [0.15, 0.2) is 24.3 Å². The molecule has 0 unspecified atom stereocenters. The highest BCUT2D eigenvalue weighted by molar-refractivity contribution is 7.09. The normalized spacial score (nSPS) is 16.0. The highest BCUT2D eigenvalue weighted by Crippen LogP contribution is 2.18. The monoisotopic (exact) mass is 330 g/mol. The van der Waals surface area contributed by atoms with Gasteiger partial charge in [-0.1, -0.05) is 44.5 Å². The van der Waals surface area contributed by atoms with Gasteiger partial charge in [-0.3, -0.25) is 4.90 Å². The molecule has 2 heterocycles. The van der Waals surface area contributed by atoms with Crippen molar-refractivity contribution in [2.24, 2.45) is 0 Å². The number of nitrogens with zero attached hydrogens (tertiary/aromatic N) is 3. The van der Waals surface area contributed by atoms with Gasteiger partial charge in [-0.15, -0.1) is 0 Å². The molecular formula is C18H26N4S. The van der Waals surface area contributed by atoms with E-state index in [2.05, 4.69) is 57.7 Å². The summed E-state index contributed by atoms with van der Waals surface area (Å²) in [6, 6.07) is 8.95. The summed E-state index contributed by atoms with van der Waals surface area (Å²) in [5.74, 6) is 1.31. The molecule has 1 aromatic heterocycles. The summed E-state index contributed by atoms with van der Waals surface area (Å²) in [6.45, 7) is 8.62. The zero-order valence-electron chi connectivity index (χ0n) is 14.1. The van der Waals surface area contributed by atoms with Crippen molar-refractivity contribution >= 4 is 16.7 Å². The van der Waals surface area contributed by atoms with Crippen LogP contribution in [0.4, 0.5) is 5.13 Å². The first-order chi connectivity index (χ1) is 11.2. The largest absolute Gasteiger partial charge is 0.356 e. The average Bonchev–Trinajstić information content (AvgIpc) is 3.04. The number of hydrogen-bond donors (Lipinski definition) is 1. The van der Waals surface area contributed by atoms with Gasteiger partial charge >= 0.3 is 0 Å². The molecule has 0 bridgehead atoms. The molecule has 1 aliphatic rings. The maximum Gasteiger partial charge on any atom is 0.202 e. The number of nitrogens with one attached hydrogen (secondary N) is 1. The molecule has 0 saturated carbocycles. The zero-order valence-corrected chi connectivity index (χ0v) is 14.9. The molecule has 0 radical (unpaired) electrons. The summed E-state index contributed by atoms with van der Waals surface area (Å²) in [6.07, 6.45) is 4.09. The lowest BCUT2D eigenvalue weighted by Gasteiger charge is -2.26. The molecular weight excluding hydrogens is 304 g/mol. The molecule has 1 aliphatic heterocycles. The highest BCUT2D eigenvalue weighted by atomic mass is 32.1. The Morgan fingerprint density at radius 3 is 2.43 bits per heavy atom. The topological polar surface area (TPSA) is 41.1 Å². The summed E-state index contributed by atoms with van der Waals surface area (Å²) in [5.41, 5.74) is 2.70. The van der Waals surface area contributed by atoms with Gasteiger partial charge in [0, 0.05) is 30.5 Å². The lowest BCUT2D eigenvalue weighted by atomic mass is 10.1. The number of piperidine rings is 1. The first-order valence-corrected chi connectivity index (χ1v) is 9.36. The Kier molecular flexibility index (Phi) is 5.62. The summed E-state index contributed by atoms with van der Waals surface area (Å²) >= 11 is 1.44. The van der Waals surface area contributed by atoms with E-state index in [4.69, 9.17) is 0 Å². The van der Waals surface area contributed by atoms with Gasteiger partial charge in [0.1, 0.15) is 5.82 Å². The summed E-state index contributed by atoms with van der Waals surface area (Å²) in [4.78, 5) is 7.07. The fraction of sp³-hybridized carbons (Fsp3) is 0.556. The molecule has 5 heteroatoms. The number of hydrogen-bond acceptors (Lipinski definition) is 5. The molecule has 3 rings (SSSR count). The Morgan fingerprint density at radius 1 is 1.09 bits per heavy atom. The smallest absolute Gasteiger partial charge is 0.202 e. The van der Waals surface area contributed by atoms with E-state index >= 15 is 0 Å².